The zero-order valence-electron chi connectivity index (χ0n) is 29.9. The topological polar surface area (TPSA) is 114 Å². The van der Waals surface area contributed by atoms with Crippen LogP contribution in [0.3, 0.4) is 0 Å². The molecule has 0 atom stereocenters. The van der Waals surface area contributed by atoms with Crippen LogP contribution in [0.5, 0.6) is 0 Å². The quantitative estimate of drug-likeness (QED) is 0.177. The molecule has 10 heteroatoms. The van der Waals surface area contributed by atoms with E-state index in [-0.39, 0.29) is 25.3 Å². The minimum absolute atomic E-state index is 0. The summed E-state index contributed by atoms with van der Waals surface area (Å²) in [5, 5.41) is 5.52. The molecule has 2 aromatic carbocycles. The number of fused-ring (bicyclic) bond motifs is 2. The lowest BCUT2D eigenvalue weighted by atomic mass is 9.96. The Labute approximate surface area is 297 Å². The van der Waals surface area contributed by atoms with Gasteiger partial charge in [-0.1, -0.05) is 43.8 Å². The molecule has 4 heterocycles. The Kier molecular flexibility index (Phi) is 13.5. The largest absolute Gasteiger partial charge is 0.444 e. The third-order valence-electron chi connectivity index (χ3n) is 9.54. The lowest BCUT2D eigenvalue weighted by Gasteiger charge is -2.35. The Morgan fingerprint density at radius 3 is 1.60 bits per heavy atom. The fraction of sp³-hybridized carbons (Fsp3) is 0.525. The molecule has 272 valence electrons. The maximum Gasteiger partial charge on any atom is 0.410 e. The van der Waals surface area contributed by atoms with Crippen LogP contribution in [0.4, 0.5) is 4.79 Å². The number of aromatic nitrogens is 2. The molecule has 0 spiro atoms. The Hall–Kier alpha value is -4.31. The number of aromatic amines is 2. The number of carbonyl (C=O) groups is 3. The van der Waals surface area contributed by atoms with E-state index in [4.69, 9.17) is 4.74 Å². The van der Waals surface area contributed by atoms with Crippen LogP contribution >= 0.6 is 0 Å². The van der Waals surface area contributed by atoms with Crippen molar-refractivity contribution in [2.75, 3.05) is 52.4 Å². The highest BCUT2D eigenvalue weighted by Crippen LogP contribution is 2.23. The van der Waals surface area contributed by atoms with Crippen molar-refractivity contribution in [1.29, 1.82) is 0 Å². The summed E-state index contributed by atoms with van der Waals surface area (Å²) in [6.07, 6.45) is 3.85. The number of hydrogen-bond acceptors (Lipinski definition) is 5. The van der Waals surface area contributed by atoms with Crippen molar-refractivity contribution in [2.24, 2.45) is 11.8 Å². The van der Waals surface area contributed by atoms with E-state index in [0.717, 1.165) is 73.7 Å². The highest BCUT2D eigenvalue weighted by Gasteiger charge is 2.29. The van der Waals surface area contributed by atoms with E-state index in [2.05, 4.69) is 22.2 Å². The monoisotopic (exact) mass is 686 g/mol. The number of carbonyl (C=O) groups excluding carboxylic acids is 3. The van der Waals surface area contributed by atoms with E-state index in [9.17, 15) is 14.4 Å². The van der Waals surface area contributed by atoms with Gasteiger partial charge in [-0.25, -0.2) is 4.79 Å². The van der Waals surface area contributed by atoms with Crippen molar-refractivity contribution in [2.45, 2.75) is 73.3 Å². The molecule has 0 bridgehead atoms. The number of likely N-dealkylation sites (tertiary alicyclic amines) is 1. The number of para-hydroxylation sites is 2. The zero-order valence-corrected chi connectivity index (χ0v) is 29.9. The van der Waals surface area contributed by atoms with Gasteiger partial charge in [0.1, 0.15) is 17.0 Å². The maximum absolute atomic E-state index is 13.0. The minimum atomic E-state index is -0.473. The number of benzene rings is 2. The Balaban J connectivity index is 0.000000229. The molecule has 2 aromatic heterocycles. The van der Waals surface area contributed by atoms with E-state index < -0.39 is 5.60 Å². The lowest BCUT2D eigenvalue weighted by Crippen LogP contribution is -2.44. The summed E-state index contributed by atoms with van der Waals surface area (Å²) in [4.78, 5) is 50.0. The van der Waals surface area contributed by atoms with E-state index in [1.54, 1.807) is 4.90 Å². The molecule has 2 saturated heterocycles. The number of piperidine rings is 2. The van der Waals surface area contributed by atoms with Gasteiger partial charge in [-0.05, 0) is 109 Å². The van der Waals surface area contributed by atoms with Gasteiger partial charge in [0.15, 0.2) is 0 Å². The molecule has 0 saturated carbocycles. The van der Waals surface area contributed by atoms with Gasteiger partial charge in [0.05, 0.1) is 0 Å². The van der Waals surface area contributed by atoms with Crippen molar-refractivity contribution in [3.05, 3.63) is 72.1 Å². The van der Waals surface area contributed by atoms with Gasteiger partial charge < -0.3 is 34.7 Å². The van der Waals surface area contributed by atoms with E-state index in [1.165, 1.54) is 0 Å². The fourth-order valence-corrected chi connectivity index (χ4v) is 6.74. The first kappa shape index (κ1) is 38.5. The van der Waals surface area contributed by atoms with E-state index in [0.29, 0.717) is 49.4 Å². The summed E-state index contributed by atoms with van der Waals surface area (Å²) in [6.45, 7) is 16.2. The van der Waals surface area contributed by atoms with Crippen LogP contribution in [0.2, 0.25) is 0 Å². The number of rotatable bonds is 8. The van der Waals surface area contributed by atoms with Crippen molar-refractivity contribution < 1.29 is 19.1 Å². The first-order valence-electron chi connectivity index (χ1n) is 18.0. The molecular weight excluding hydrogens is 628 g/mol. The number of nitrogens with one attached hydrogen (secondary N) is 3. The van der Waals surface area contributed by atoms with Gasteiger partial charge in [0, 0.05) is 61.1 Å². The van der Waals surface area contributed by atoms with Crippen LogP contribution in [-0.4, -0.2) is 101 Å². The SMILES string of the molecule is C.CCN(CC1CCN(C(=O)OC(C)(C)C)CC1)C(=O)c1cc2ccccc2[nH]1.CCN(CC1CCNCC1)C(=O)c1cc2ccccc2[nH]1. The van der Waals surface area contributed by atoms with Crippen LogP contribution in [-0.2, 0) is 4.74 Å². The molecule has 10 nitrogen and oxygen atoms in total. The van der Waals surface area contributed by atoms with Crippen LogP contribution in [0.15, 0.2) is 60.7 Å². The summed E-state index contributed by atoms with van der Waals surface area (Å²) >= 11 is 0. The molecule has 2 fully saturated rings. The van der Waals surface area contributed by atoms with Crippen molar-refractivity contribution in [1.82, 2.24) is 30.0 Å². The molecule has 4 aromatic rings. The average molecular weight is 687 g/mol. The second-order valence-corrected chi connectivity index (χ2v) is 14.3. The minimum Gasteiger partial charge on any atom is -0.444 e. The summed E-state index contributed by atoms with van der Waals surface area (Å²) in [7, 11) is 0. The predicted molar refractivity (Wildman–Crippen MR) is 203 cm³/mol. The van der Waals surface area contributed by atoms with Crippen molar-refractivity contribution in [3.8, 4) is 0 Å². The smallest absolute Gasteiger partial charge is 0.410 e. The van der Waals surface area contributed by atoms with Crippen molar-refractivity contribution >= 4 is 39.7 Å². The first-order chi connectivity index (χ1) is 23.5. The first-order valence-corrected chi connectivity index (χ1v) is 18.0. The second kappa shape index (κ2) is 17.6. The zero-order chi connectivity index (χ0) is 35.0. The number of hydrogen-bond donors (Lipinski definition) is 3. The summed E-state index contributed by atoms with van der Waals surface area (Å²) < 4.78 is 5.46. The molecule has 2 aliphatic rings. The molecular formula is C40H58N6O4. The fourth-order valence-electron chi connectivity index (χ4n) is 6.74. The summed E-state index contributed by atoms with van der Waals surface area (Å²) in [6, 6.07) is 19.8. The number of nitrogens with zero attached hydrogens (tertiary/aromatic N) is 3. The average Bonchev–Trinajstić information content (AvgIpc) is 3.74. The number of amides is 3. The van der Waals surface area contributed by atoms with Gasteiger partial charge in [0.25, 0.3) is 11.8 Å². The third-order valence-corrected chi connectivity index (χ3v) is 9.54. The molecule has 50 heavy (non-hydrogen) atoms. The van der Waals surface area contributed by atoms with Gasteiger partial charge in [-0.3, -0.25) is 9.59 Å². The Morgan fingerprint density at radius 2 is 1.18 bits per heavy atom. The Morgan fingerprint density at radius 1 is 0.740 bits per heavy atom. The molecule has 6 rings (SSSR count). The Bertz CT molecular complexity index is 1620. The molecule has 0 aliphatic carbocycles. The molecule has 3 N–H and O–H groups in total. The third kappa shape index (κ3) is 10.1. The second-order valence-electron chi connectivity index (χ2n) is 14.3. The van der Waals surface area contributed by atoms with Crippen molar-refractivity contribution in [3.63, 3.8) is 0 Å². The molecule has 3 amide bonds. The van der Waals surface area contributed by atoms with Crippen LogP contribution in [0.25, 0.3) is 21.8 Å². The highest BCUT2D eigenvalue weighted by atomic mass is 16.6. The maximum atomic E-state index is 13.0. The summed E-state index contributed by atoms with van der Waals surface area (Å²) in [5.74, 6) is 1.17. The summed E-state index contributed by atoms with van der Waals surface area (Å²) in [5.41, 5.74) is 2.87. The van der Waals surface area contributed by atoms with Gasteiger partial charge in [-0.2, -0.15) is 0 Å². The van der Waals surface area contributed by atoms with Crippen LogP contribution in [0.1, 0.15) is 88.7 Å². The standard InChI is InChI=1S/C22H31N3O3.C17H23N3O.CH4/c1-5-24(20(26)19-14-17-8-6-7-9-18(17)23-19)15-16-10-12-25(13-11-16)21(27)28-22(2,3)4;1-2-20(12-13-7-9-18-10-8-13)17(21)16-11-14-5-3-4-6-15(14)19-16;/h6-9,14,16,23H,5,10-13,15H2,1-4H3;3-6,11,13,18-19H,2,7-10,12H2,1H3;1H4. The van der Waals surface area contributed by atoms with Crippen LogP contribution < -0.4 is 5.32 Å². The lowest BCUT2D eigenvalue weighted by molar-refractivity contribution is 0.0167. The number of H-pyrrole nitrogens is 2. The highest BCUT2D eigenvalue weighted by molar-refractivity contribution is 5.98. The predicted octanol–water partition coefficient (Wildman–Crippen LogP) is 7.54. The molecule has 2 aliphatic heterocycles. The number of ether oxygens (including phenoxy) is 1. The van der Waals surface area contributed by atoms with E-state index >= 15 is 0 Å². The van der Waals surface area contributed by atoms with Crippen LogP contribution in [0, 0.1) is 11.8 Å². The van der Waals surface area contributed by atoms with Gasteiger partial charge >= 0.3 is 6.09 Å². The van der Waals surface area contributed by atoms with Gasteiger partial charge in [-0.15, -0.1) is 0 Å². The molecule has 0 radical (unpaired) electrons. The normalized spacial score (nSPS) is 15.6. The molecule has 0 unspecified atom stereocenters. The van der Waals surface area contributed by atoms with Gasteiger partial charge in [0.2, 0.25) is 0 Å². The van der Waals surface area contributed by atoms with E-state index in [1.807, 2.05) is 98.2 Å².